The Balaban J connectivity index is 2.15. The van der Waals surface area contributed by atoms with Gasteiger partial charge in [-0.25, -0.2) is 0 Å². The molecule has 0 aliphatic carbocycles. The van der Waals surface area contributed by atoms with E-state index in [4.69, 9.17) is 4.74 Å². The smallest absolute Gasteiger partial charge is 0.200 e. The molecule has 0 unspecified atom stereocenters. The molecule has 0 saturated carbocycles. The average molecular weight is 398 g/mol. The molecule has 0 aromatic heterocycles. The summed E-state index contributed by atoms with van der Waals surface area (Å²) < 4.78 is 7.28. The SMILES string of the molecule is Cc1ccc(C)c(C(=O)COc2c(Br)cccc2Br)c1. The molecule has 0 aliphatic heterocycles. The molecule has 2 aromatic rings. The maximum Gasteiger partial charge on any atom is 0.200 e. The molecule has 104 valence electrons. The van der Waals surface area contributed by atoms with Crippen molar-refractivity contribution < 1.29 is 9.53 Å². The van der Waals surface area contributed by atoms with E-state index in [-0.39, 0.29) is 12.4 Å². The molecule has 0 amide bonds. The zero-order valence-corrected chi connectivity index (χ0v) is 14.4. The highest BCUT2D eigenvalue weighted by atomic mass is 79.9. The minimum Gasteiger partial charge on any atom is -0.483 e. The van der Waals surface area contributed by atoms with E-state index >= 15 is 0 Å². The summed E-state index contributed by atoms with van der Waals surface area (Å²) in [6.07, 6.45) is 0. The van der Waals surface area contributed by atoms with Crippen molar-refractivity contribution >= 4 is 37.6 Å². The fraction of sp³-hybridized carbons (Fsp3) is 0.188. The first-order chi connectivity index (χ1) is 9.49. The summed E-state index contributed by atoms with van der Waals surface area (Å²) >= 11 is 6.83. The second-order valence-corrected chi connectivity index (χ2v) is 6.29. The van der Waals surface area contributed by atoms with Crippen LogP contribution in [0.5, 0.6) is 5.75 Å². The molecule has 2 rings (SSSR count). The van der Waals surface area contributed by atoms with Crippen molar-refractivity contribution in [1.82, 2.24) is 0 Å². The number of para-hydroxylation sites is 1. The zero-order chi connectivity index (χ0) is 14.7. The Hall–Kier alpha value is -1.13. The van der Waals surface area contributed by atoms with Crippen LogP contribution in [0.25, 0.3) is 0 Å². The summed E-state index contributed by atoms with van der Waals surface area (Å²) in [4.78, 5) is 12.3. The molecule has 0 bridgehead atoms. The van der Waals surface area contributed by atoms with Crippen molar-refractivity contribution in [3.63, 3.8) is 0 Å². The number of rotatable bonds is 4. The van der Waals surface area contributed by atoms with Gasteiger partial charge in [0.05, 0.1) is 8.95 Å². The Morgan fingerprint density at radius 2 is 1.75 bits per heavy atom. The van der Waals surface area contributed by atoms with Crippen LogP contribution in [0, 0.1) is 13.8 Å². The topological polar surface area (TPSA) is 26.3 Å². The van der Waals surface area contributed by atoms with Crippen LogP contribution in [0.3, 0.4) is 0 Å². The number of hydrogen-bond donors (Lipinski definition) is 0. The van der Waals surface area contributed by atoms with Gasteiger partial charge in [0.15, 0.2) is 12.4 Å². The molecule has 0 fully saturated rings. The molecule has 0 spiro atoms. The van der Waals surface area contributed by atoms with E-state index in [1.807, 2.05) is 50.2 Å². The molecule has 0 N–H and O–H groups in total. The highest BCUT2D eigenvalue weighted by Gasteiger charge is 2.12. The van der Waals surface area contributed by atoms with Gasteiger partial charge in [-0.1, -0.05) is 23.8 Å². The van der Waals surface area contributed by atoms with Gasteiger partial charge in [-0.15, -0.1) is 0 Å². The highest BCUT2D eigenvalue weighted by Crippen LogP contribution is 2.33. The van der Waals surface area contributed by atoms with Gasteiger partial charge in [0, 0.05) is 5.56 Å². The molecule has 0 heterocycles. The van der Waals surface area contributed by atoms with E-state index in [0.29, 0.717) is 11.3 Å². The number of carbonyl (C=O) groups excluding carboxylic acids is 1. The van der Waals surface area contributed by atoms with Gasteiger partial charge in [-0.05, 0) is 69.5 Å². The monoisotopic (exact) mass is 396 g/mol. The zero-order valence-electron chi connectivity index (χ0n) is 11.2. The number of benzene rings is 2. The maximum atomic E-state index is 12.3. The number of aryl methyl sites for hydroxylation is 2. The van der Waals surface area contributed by atoms with Crippen LogP contribution in [0.4, 0.5) is 0 Å². The van der Waals surface area contributed by atoms with Crippen LogP contribution in [0.2, 0.25) is 0 Å². The standard InChI is InChI=1S/C16H14Br2O2/c1-10-6-7-11(2)12(8-10)15(19)9-20-16-13(17)4-3-5-14(16)18/h3-8H,9H2,1-2H3. The van der Waals surface area contributed by atoms with Gasteiger partial charge in [-0.2, -0.15) is 0 Å². The molecule has 20 heavy (non-hydrogen) atoms. The summed E-state index contributed by atoms with van der Waals surface area (Å²) in [5.41, 5.74) is 2.75. The van der Waals surface area contributed by atoms with Crippen LogP contribution in [-0.4, -0.2) is 12.4 Å². The third-order valence-electron chi connectivity index (χ3n) is 2.96. The normalized spacial score (nSPS) is 10.4. The average Bonchev–Trinajstić information content (AvgIpc) is 2.40. The fourth-order valence-electron chi connectivity index (χ4n) is 1.87. The molecule has 2 aromatic carbocycles. The van der Waals surface area contributed by atoms with E-state index < -0.39 is 0 Å². The number of halogens is 2. The van der Waals surface area contributed by atoms with Gasteiger partial charge in [-0.3, -0.25) is 4.79 Å². The van der Waals surface area contributed by atoms with Gasteiger partial charge >= 0.3 is 0 Å². The number of ketones is 1. The largest absolute Gasteiger partial charge is 0.483 e. The van der Waals surface area contributed by atoms with E-state index in [1.54, 1.807) is 0 Å². The minimum atomic E-state index is -0.0196. The van der Waals surface area contributed by atoms with Gasteiger partial charge < -0.3 is 4.74 Å². The van der Waals surface area contributed by atoms with Crippen molar-refractivity contribution in [3.8, 4) is 5.75 Å². The van der Waals surface area contributed by atoms with E-state index in [2.05, 4.69) is 31.9 Å². The first-order valence-electron chi connectivity index (χ1n) is 6.16. The van der Waals surface area contributed by atoms with E-state index in [0.717, 1.165) is 20.1 Å². The van der Waals surface area contributed by atoms with Crippen LogP contribution in [0.1, 0.15) is 21.5 Å². The molecular formula is C16H14Br2O2. The van der Waals surface area contributed by atoms with Crippen molar-refractivity contribution in [2.45, 2.75) is 13.8 Å². The van der Waals surface area contributed by atoms with Gasteiger partial charge in [0.1, 0.15) is 5.75 Å². The maximum absolute atomic E-state index is 12.3. The number of carbonyl (C=O) groups is 1. The first kappa shape index (κ1) is 15.3. The number of Topliss-reactive ketones (excluding diaryl/α,β-unsaturated/α-hetero) is 1. The van der Waals surface area contributed by atoms with Gasteiger partial charge in [0.2, 0.25) is 0 Å². The second-order valence-electron chi connectivity index (χ2n) is 4.58. The lowest BCUT2D eigenvalue weighted by atomic mass is 10.0. The minimum absolute atomic E-state index is 0.0194. The van der Waals surface area contributed by atoms with Crippen molar-refractivity contribution in [1.29, 1.82) is 0 Å². The van der Waals surface area contributed by atoms with Crippen LogP contribution in [-0.2, 0) is 0 Å². The molecular weight excluding hydrogens is 384 g/mol. The summed E-state index contributed by atoms with van der Waals surface area (Å²) in [7, 11) is 0. The van der Waals surface area contributed by atoms with E-state index in [1.165, 1.54) is 0 Å². The summed E-state index contributed by atoms with van der Waals surface area (Å²) in [5.74, 6) is 0.625. The first-order valence-corrected chi connectivity index (χ1v) is 7.75. The van der Waals surface area contributed by atoms with Crippen molar-refractivity contribution in [2.24, 2.45) is 0 Å². The number of hydrogen-bond acceptors (Lipinski definition) is 2. The summed E-state index contributed by atoms with van der Waals surface area (Å²) in [6.45, 7) is 3.92. The third-order valence-corrected chi connectivity index (χ3v) is 4.21. The predicted molar refractivity (Wildman–Crippen MR) is 87.6 cm³/mol. The van der Waals surface area contributed by atoms with Crippen LogP contribution >= 0.6 is 31.9 Å². The molecule has 0 saturated heterocycles. The summed E-state index contributed by atoms with van der Waals surface area (Å²) in [6, 6.07) is 11.5. The Kier molecular flexibility index (Phi) is 5.00. The van der Waals surface area contributed by atoms with Crippen molar-refractivity contribution in [3.05, 3.63) is 62.0 Å². The molecule has 0 aliphatic rings. The van der Waals surface area contributed by atoms with Gasteiger partial charge in [0.25, 0.3) is 0 Å². The predicted octanol–water partition coefficient (Wildman–Crippen LogP) is 5.09. The Morgan fingerprint density at radius 3 is 2.40 bits per heavy atom. The Bertz CT molecular complexity index is 631. The second kappa shape index (κ2) is 6.55. The van der Waals surface area contributed by atoms with Crippen LogP contribution < -0.4 is 4.74 Å². The third kappa shape index (κ3) is 3.49. The Labute approximate surface area is 135 Å². The fourth-order valence-corrected chi connectivity index (χ4v) is 3.10. The Morgan fingerprint density at radius 1 is 1.10 bits per heavy atom. The van der Waals surface area contributed by atoms with Crippen molar-refractivity contribution in [2.75, 3.05) is 6.61 Å². The van der Waals surface area contributed by atoms with E-state index in [9.17, 15) is 4.79 Å². The lowest BCUT2D eigenvalue weighted by molar-refractivity contribution is 0.0920. The lowest BCUT2D eigenvalue weighted by Gasteiger charge is -2.11. The molecule has 0 atom stereocenters. The number of ether oxygens (including phenoxy) is 1. The highest BCUT2D eigenvalue weighted by molar-refractivity contribution is 9.11. The quantitative estimate of drug-likeness (QED) is 0.671. The lowest BCUT2D eigenvalue weighted by Crippen LogP contribution is -2.13. The molecule has 4 heteroatoms. The van der Waals surface area contributed by atoms with Crippen LogP contribution in [0.15, 0.2) is 45.3 Å². The molecule has 0 radical (unpaired) electrons. The summed E-state index contributed by atoms with van der Waals surface area (Å²) in [5, 5.41) is 0. The molecule has 2 nitrogen and oxygen atoms in total.